The van der Waals surface area contributed by atoms with Gasteiger partial charge in [0.25, 0.3) is 0 Å². The molecule has 2 nitrogen and oxygen atoms in total. The Morgan fingerprint density at radius 1 is 1.06 bits per heavy atom. The van der Waals surface area contributed by atoms with E-state index in [2.05, 4.69) is 4.98 Å². The molecule has 0 saturated carbocycles. The van der Waals surface area contributed by atoms with Crippen LogP contribution in [-0.4, -0.2) is 4.98 Å². The van der Waals surface area contributed by atoms with Crippen LogP contribution < -0.4 is 5.73 Å². The second kappa shape index (κ2) is 3.93. The first-order chi connectivity index (χ1) is 7.58. The molecule has 1 heterocycles. The summed E-state index contributed by atoms with van der Waals surface area (Å²) in [5.74, 6) is 0.0831. The molecule has 2 rings (SSSR count). The Kier molecular flexibility index (Phi) is 2.60. The molecule has 0 aliphatic rings. The largest absolute Gasteiger partial charge is 0.383 e. The number of nitrogens with zero attached hydrogens (tertiary/aromatic N) is 1. The zero-order chi connectivity index (χ0) is 11.7. The standard InChI is InChI=1S/C13H13FN2/c1-8-3-4-12(14)10(5-8)11-6-9(2)7-16-13(11)15/h3-7H,1-2H3,(H2,15,16). The van der Waals surface area contributed by atoms with Crippen molar-refractivity contribution in [3.63, 3.8) is 0 Å². The number of rotatable bonds is 1. The van der Waals surface area contributed by atoms with Crippen LogP contribution in [0, 0.1) is 19.7 Å². The van der Waals surface area contributed by atoms with Crippen molar-refractivity contribution >= 4 is 5.82 Å². The van der Waals surface area contributed by atoms with Gasteiger partial charge in [-0.2, -0.15) is 0 Å². The van der Waals surface area contributed by atoms with E-state index in [0.717, 1.165) is 11.1 Å². The summed E-state index contributed by atoms with van der Waals surface area (Å²) in [6.45, 7) is 3.83. The summed E-state index contributed by atoms with van der Waals surface area (Å²) in [4.78, 5) is 4.04. The number of nitrogen functional groups attached to an aromatic ring is 1. The number of aryl methyl sites for hydroxylation is 2. The lowest BCUT2D eigenvalue weighted by Crippen LogP contribution is -1.96. The minimum Gasteiger partial charge on any atom is -0.383 e. The monoisotopic (exact) mass is 216 g/mol. The first-order valence-corrected chi connectivity index (χ1v) is 5.06. The van der Waals surface area contributed by atoms with E-state index in [1.807, 2.05) is 19.9 Å². The maximum Gasteiger partial charge on any atom is 0.131 e. The van der Waals surface area contributed by atoms with Gasteiger partial charge in [-0.05, 0) is 37.6 Å². The number of nitrogens with two attached hydrogens (primary N) is 1. The number of hydrogen-bond acceptors (Lipinski definition) is 2. The molecule has 0 amide bonds. The summed E-state index contributed by atoms with van der Waals surface area (Å²) in [6.07, 6.45) is 1.67. The Morgan fingerprint density at radius 2 is 1.75 bits per heavy atom. The fourth-order valence-electron chi connectivity index (χ4n) is 1.64. The van der Waals surface area contributed by atoms with Crippen molar-refractivity contribution in [1.82, 2.24) is 4.98 Å². The van der Waals surface area contributed by atoms with Crippen molar-refractivity contribution in [1.29, 1.82) is 0 Å². The van der Waals surface area contributed by atoms with Gasteiger partial charge in [-0.15, -0.1) is 0 Å². The zero-order valence-corrected chi connectivity index (χ0v) is 9.29. The van der Waals surface area contributed by atoms with Gasteiger partial charge in [0.1, 0.15) is 11.6 Å². The van der Waals surface area contributed by atoms with Gasteiger partial charge in [0, 0.05) is 17.3 Å². The maximum absolute atomic E-state index is 13.7. The lowest BCUT2D eigenvalue weighted by Gasteiger charge is -2.08. The summed E-state index contributed by atoms with van der Waals surface area (Å²) in [5, 5.41) is 0. The highest BCUT2D eigenvalue weighted by Gasteiger charge is 2.09. The first-order valence-electron chi connectivity index (χ1n) is 5.06. The first kappa shape index (κ1) is 10.6. The molecule has 0 radical (unpaired) electrons. The van der Waals surface area contributed by atoms with Crippen LogP contribution in [0.25, 0.3) is 11.1 Å². The predicted octanol–water partition coefficient (Wildman–Crippen LogP) is 3.09. The lowest BCUT2D eigenvalue weighted by molar-refractivity contribution is 0.631. The molecule has 0 aliphatic carbocycles. The molecule has 82 valence electrons. The molecule has 0 saturated heterocycles. The van der Waals surface area contributed by atoms with Gasteiger partial charge < -0.3 is 5.73 Å². The van der Waals surface area contributed by atoms with Crippen LogP contribution in [0.4, 0.5) is 10.2 Å². The fourth-order valence-corrected chi connectivity index (χ4v) is 1.64. The Bertz CT molecular complexity index is 486. The average molecular weight is 216 g/mol. The van der Waals surface area contributed by atoms with Crippen molar-refractivity contribution in [2.75, 3.05) is 5.73 Å². The third-order valence-corrected chi connectivity index (χ3v) is 2.47. The highest BCUT2D eigenvalue weighted by Crippen LogP contribution is 2.28. The lowest BCUT2D eigenvalue weighted by atomic mass is 10.0. The van der Waals surface area contributed by atoms with E-state index < -0.39 is 0 Å². The van der Waals surface area contributed by atoms with Crippen LogP contribution in [-0.2, 0) is 0 Å². The summed E-state index contributed by atoms with van der Waals surface area (Å²) in [7, 11) is 0. The SMILES string of the molecule is Cc1ccc(F)c(-c2cc(C)cnc2N)c1. The zero-order valence-electron chi connectivity index (χ0n) is 9.29. The van der Waals surface area contributed by atoms with Crippen molar-refractivity contribution in [2.45, 2.75) is 13.8 Å². The number of hydrogen-bond donors (Lipinski definition) is 1. The third kappa shape index (κ3) is 1.89. The molecule has 0 bridgehead atoms. The fraction of sp³-hybridized carbons (Fsp3) is 0.154. The summed E-state index contributed by atoms with van der Waals surface area (Å²) in [6, 6.07) is 6.81. The third-order valence-electron chi connectivity index (χ3n) is 2.47. The van der Waals surface area contributed by atoms with Gasteiger partial charge in [-0.1, -0.05) is 11.6 Å². The van der Waals surface area contributed by atoms with E-state index in [9.17, 15) is 4.39 Å². The van der Waals surface area contributed by atoms with Crippen LogP contribution >= 0.6 is 0 Å². The van der Waals surface area contributed by atoms with Gasteiger partial charge in [0.05, 0.1) is 0 Å². The number of pyridine rings is 1. The molecule has 0 fully saturated rings. The Morgan fingerprint density at radius 3 is 2.50 bits per heavy atom. The molecule has 3 heteroatoms. The summed E-state index contributed by atoms with van der Waals surface area (Å²) in [5.41, 5.74) is 8.89. The van der Waals surface area contributed by atoms with Gasteiger partial charge in [-0.25, -0.2) is 9.37 Å². The Labute approximate surface area is 93.9 Å². The van der Waals surface area contributed by atoms with E-state index in [1.165, 1.54) is 6.07 Å². The molecule has 0 unspecified atom stereocenters. The van der Waals surface area contributed by atoms with Gasteiger partial charge in [0.15, 0.2) is 0 Å². The van der Waals surface area contributed by atoms with Crippen molar-refractivity contribution in [2.24, 2.45) is 0 Å². The number of aromatic nitrogens is 1. The van der Waals surface area contributed by atoms with Crippen LogP contribution in [0.15, 0.2) is 30.5 Å². The van der Waals surface area contributed by atoms with Crippen LogP contribution in [0.5, 0.6) is 0 Å². The molecular formula is C13H13FN2. The van der Waals surface area contributed by atoms with Crippen molar-refractivity contribution in [3.05, 3.63) is 47.4 Å². The van der Waals surface area contributed by atoms with Crippen LogP contribution in [0.2, 0.25) is 0 Å². The molecule has 0 spiro atoms. The minimum absolute atomic E-state index is 0.273. The second-order valence-electron chi connectivity index (χ2n) is 3.93. The quantitative estimate of drug-likeness (QED) is 0.795. The molecule has 0 atom stereocenters. The molecule has 2 aromatic rings. The Hall–Kier alpha value is -1.90. The van der Waals surface area contributed by atoms with Gasteiger partial charge in [0.2, 0.25) is 0 Å². The van der Waals surface area contributed by atoms with Gasteiger partial charge >= 0.3 is 0 Å². The molecule has 1 aromatic heterocycles. The molecule has 1 aromatic carbocycles. The number of anilines is 1. The van der Waals surface area contributed by atoms with E-state index in [4.69, 9.17) is 5.73 Å². The highest BCUT2D eigenvalue weighted by molar-refractivity contribution is 5.75. The predicted molar refractivity (Wildman–Crippen MR) is 63.5 cm³/mol. The van der Waals surface area contributed by atoms with E-state index >= 15 is 0 Å². The highest BCUT2D eigenvalue weighted by atomic mass is 19.1. The maximum atomic E-state index is 13.7. The van der Waals surface area contributed by atoms with E-state index in [-0.39, 0.29) is 5.82 Å². The van der Waals surface area contributed by atoms with Crippen molar-refractivity contribution < 1.29 is 4.39 Å². The van der Waals surface area contributed by atoms with Crippen LogP contribution in [0.3, 0.4) is 0 Å². The van der Waals surface area contributed by atoms with E-state index in [0.29, 0.717) is 16.9 Å². The number of benzene rings is 1. The Balaban J connectivity index is 2.66. The minimum atomic E-state index is -0.273. The van der Waals surface area contributed by atoms with E-state index in [1.54, 1.807) is 18.3 Å². The van der Waals surface area contributed by atoms with Crippen molar-refractivity contribution in [3.8, 4) is 11.1 Å². The molecule has 0 aliphatic heterocycles. The molecular weight excluding hydrogens is 203 g/mol. The number of halogens is 1. The summed E-state index contributed by atoms with van der Waals surface area (Å²) >= 11 is 0. The average Bonchev–Trinajstić information content (AvgIpc) is 2.25. The summed E-state index contributed by atoms with van der Waals surface area (Å²) < 4.78 is 13.7. The van der Waals surface area contributed by atoms with Gasteiger partial charge in [-0.3, -0.25) is 0 Å². The smallest absolute Gasteiger partial charge is 0.131 e. The normalized spacial score (nSPS) is 10.4. The van der Waals surface area contributed by atoms with Crippen LogP contribution in [0.1, 0.15) is 11.1 Å². The molecule has 16 heavy (non-hydrogen) atoms. The topological polar surface area (TPSA) is 38.9 Å². The molecule has 2 N–H and O–H groups in total. The second-order valence-corrected chi connectivity index (χ2v) is 3.93.